The zero-order valence-electron chi connectivity index (χ0n) is 12.3. The van der Waals surface area contributed by atoms with Crippen LogP contribution in [0.5, 0.6) is 0 Å². The lowest BCUT2D eigenvalue weighted by atomic mass is 9.88. The second-order valence-electron chi connectivity index (χ2n) is 6.37. The molecule has 116 valence electrons. The summed E-state index contributed by atoms with van der Waals surface area (Å²) in [4.78, 5) is 15.1. The number of halogens is 1. The van der Waals surface area contributed by atoms with Gasteiger partial charge in [-0.25, -0.2) is 0 Å². The number of hydrogen-bond acceptors (Lipinski definition) is 3. The van der Waals surface area contributed by atoms with Crippen LogP contribution in [0.15, 0.2) is 0 Å². The fourth-order valence-corrected chi connectivity index (χ4v) is 5.40. The summed E-state index contributed by atoms with van der Waals surface area (Å²) in [7, 11) is 0. The van der Waals surface area contributed by atoms with Crippen molar-refractivity contribution >= 4 is 30.1 Å². The molecule has 1 saturated carbocycles. The first-order valence-electron chi connectivity index (χ1n) is 7.91. The van der Waals surface area contributed by atoms with E-state index in [0.717, 1.165) is 36.9 Å². The zero-order valence-corrected chi connectivity index (χ0v) is 14.0. The number of piperidine rings is 1. The van der Waals surface area contributed by atoms with Crippen molar-refractivity contribution in [2.24, 2.45) is 5.92 Å². The molecule has 0 aromatic carbocycles. The van der Waals surface area contributed by atoms with Gasteiger partial charge in [0.1, 0.15) is 0 Å². The molecular weight excluding hydrogens is 292 g/mol. The highest BCUT2D eigenvalue weighted by atomic mass is 35.5. The van der Waals surface area contributed by atoms with Crippen molar-refractivity contribution in [2.75, 3.05) is 18.8 Å². The van der Waals surface area contributed by atoms with Gasteiger partial charge in [0.25, 0.3) is 0 Å². The average molecular weight is 319 g/mol. The Labute approximate surface area is 133 Å². The summed E-state index contributed by atoms with van der Waals surface area (Å²) in [5.74, 6) is 1.89. The van der Waals surface area contributed by atoms with Crippen LogP contribution in [0.2, 0.25) is 0 Å². The van der Waals surface area contributed by atoms with Gasteiger partial charge in [-0.05, 0) is 39.2 Å². The molecule has 5 heteroatoms. The maximum Gasteiger partial charge on any atom is 0.226 e. The summed E-state index contributed by atoms with van der Waals surface area (Å²) >= 11 is 2.11. The Balaban J connectivity index is 0.00000147. The van der Waals surface area contributed by atoms with E-state index < -0.39 is 0 Å². The molecule has 0 aromatic rings. The quantitative estimate of drug-likeness (QED) is 0.807. The van der Waals surface area contributed by atoms with Crippen LogP contribution in [0.1, 0.15) is 45.4 Å². The molecule has 0 radical (unpaired) electrons. The van der Waals surface area contributed by atoms with Gasteiger partial charge in [0.15, 0.2) is 0 Å². The van der Waals surface area contributed by atoms with E-state index in [4.69, 9.17) is 0 Å². The summed E-state index contributed by atoms with van der Waals surface area (Å²) in [6.45, 7) is 4.20. The second kappa shape index (κ2) is 7.37. The topological polar surface area (TPSA) is 32.3 Å². The molecule has 3 aliphatic rings. The first-order chi connectivity index (χ1) is 9.25. The minimum absolute atomic E-state index is 0. The van der Waals surface area contributed by atoms with Crippen molar-refractivity contribution < 1.29 is 4.79 Å². The van der Waals surface area contributed by atoms with E-state index in [2.05, 4.69) is 28.9 Å². The van der Waals surface area contributed by atoms with Gasteiger partial charge in [-0.3, -0.25) is 4.79 Å². The molecule has 1 aliphatic carbocycles. The SMILES string of the molecule is C[C@H]1C[C@@H](C(=O)N2CCSC3CCCCC32)CCN1.Cl. The Hall–Kier alpha value is 0.0700. The fourth-order valence-electron chi connectivity index (χ4n) is 3.96. The number of amides is 1. The summed E-state index contributed by atoms with van der Waals surface area (Å²) in [6, 6.07) is 1.05. The van der Waals surface area contributed by atoms with Crippen LogP contribution in [-0.2, 0) is 4.79 Å². The largest absolute Gasteiger partial charge is 0.338 e. The first-order valence-corrected chi connectivity index (χ1v) is 8.96. The monoisotopic (exact) mass is 318 g/mol. The number of nitrogens with one attached hydrogen (secondary N) is 1. The van der Waals surface area contributed by atoms with Gasteiger partial charge in [0.2, 0.25) is 5.91 Å². The Morgan fingerprint density at radius 2 is 2.05 bits per heavy atom. The molecule has 2 heterocycles. The van der Waals surface area contributed by atoms with E-state index >= 15 is 0 Å². The van der Waals surface area contributed by atoms with Gasteiger partial charge >= 0.3 is 0 Å². The number of hydrogen-bond donors (Lipinski definition) is 1. The van der Waals surface area contributed by atoms with Gasteiger partial charge in [0, 0.05) is 35.5 Å². The molecule has 2 unspecified atom stereocenters. The van der Waals surface area contributed by atoms with Gasteiger partial charge in [-0.15, -0.1) is 12.4 Å². The van der Waals surface area contributed by atoms with E-state index in [1.165, 1.54) is 25.7 Å². The molecule has 0 bridgehead atoms. The fraction of sp³-hybridized carbons (Fsp3) is 0.933. The highest BCUT2D eigenvalue weighted by Gasteiger charge is 2.39. The van der Waals surface area contributed by atoms with Crippen LogP contribution in [0.25, 0.3) is 0 Å². The van der Waals surface area contributed by atoms with Crippen LogP contribution in [0.3, 0.4) is 0 Å². The number of fused-ring (bicyclic) bond motifs is 1. The van der Waals surface area contributed by atoms with Crippen molar-refractivity contribution in [3.05, 3.63) is 0 Å². The Bertz CT molecular complexity index is 340. The minimum atomic E-state index is 0. The lowest BCUT2D eigenvalue weighted by Gasteiger charge is -2.45. The van der Waals surface area contributed by atoms with E-state index in [1.807, 2.05) is 0 Å². The molecule has 2 aliphatic heterocycles. The van der Waals surface area contributed by atoms with Crippen molar-refractivity contribution in [2.45, 2.75) is 62.8 Å². The molecule has 1 N–H and O–H groups in total. The molecule has 3 rings (SSSR count). The molecule has 0 spiro atoms. The Kier molecular flexibility index (Phi) is 6.06. The number of carbonyl (C=O) groups is 1. The minimum Gasteiger partial charge on any atom is -0.338 e. The summed E-state index contributed by atoms with van der Waals surface area (Å²) in [5.41, 5.74) is 0. The van der Waals surface area contributed by atoms with Crippen molar-refractivity contribution in [3.63, 3.8) is 0 Å². The van der Waals surface area contributed by atoms with Crippen LogP contribution in [-0.4, -0.2) is 47.0 Å². The summed E-state index contributed by atoms with van der Waals surface area (Å²) in [5, 5.41) is 4.18. The van der Waals surface area contributed by atoms with Crippen molar-refractivity contribution in [1.29, 1.82) is 0 Å². The van der Waals surface area contributed by atoms with Gasteiger partial charge in [-0.2, -0.15) is 11.8 Å². The van der Waals surface area contributed by atoms with E-state index in [9.17, 15) is 4.79 Å². The van der Waals surface area contributed by atoms with Crippen LogP contribution in [0.4, 0.5) is 0 Å². The maximum atomic E-state index is 12.8. The van der Waals surface area contributed by atoms with Gasteiger partial charge in [0.05, 0.1) is 0 Å². The van der Waals surface area contributed by atoms with E-state index in [0.29, 0.717) is 18.0 Å². The molecule has 3 fully saturated rings. The van der Waals surface area contributed by atoms with Crippen LogP contribution < -0.4 is 5.32 Å². The summed E-state index contributed by atoms with van der Waals surface area (Å²) < 4.78 is 0. The Morgan fingerprint density at radius 1 is 1.25 bits per heavy atom. The summed E-state index contributed by atoms with van der Waals surface area (Å²) in [6.07, 6.45) is 7.30. The van der Waals surface area contributed by atoms with Crippen molar-refractivity contribution in [1.82, 2.24) is 10.2 Å². The average Bonchev–Trinajstić information content (AvgIpc) is 2.46. The standard InChI is InChI=1S/C15H26N2OS.ClH/c1-11-10-12(6-7-16-11)15(18)17-8-9-19-14-5-3-2-4-13(14)17;/h11-14,16H,2-10H2,1H3;1H/t11-,12-,13?,14?;/m0./s1. The Morgan fingerprint density at radius 3 is 2.85 bits per heavy atom. The lowest BCUT2D eigenvalue weighted by Crippen LogP contribution is -2.54. The number of rotatable bonds is 1. The second-order valence-corrected chi connectivity index (χ2v) is 7.72. The lowest BCUT2D eigenvalue weighted by molar-refractivity contribution is -0.139. The number of carbonyl (C=O) groups excluding carboxylic acids is 1. The third-order valence-electron chi connectivity index (χ3n) is 4.99. The third kappa shape index (κ3) is 3.45. The number of thioether (sulfide) groups is 1. The molecule has 0 aromatic heterocycles. The van der Waals surface area contributed by atoms with Gasteiger partial charge in [-0.1, -0.05) is 12.8 Å². The first kappa shape index (κ1) is 16.4. The smallest absolute Gasteiger partial charge is 0.226 e. The number of nitrogens with zero attached hydrogens (tertiary/aromatic N) is 1. The molecule has 20 heavy (non-hydrogen) atoms. The molecule has 2 saturated heterocycles. The molecule has 3 nitrogen and oxygen atoms in total. The maximum absolute atomic E-state index is 12.8. The predicted octanol–water partition coefficient (Wildman–Crippen LogP) is 2.68. The van der Waals surface area contributed by atoms with Crippen LogP contribution >= 0.6 is 24.2 Å². The van der Waals surface area contributed by atoms with Crippen LogP contribution in [0, 0.1) is 5.92 Å². The molecule has 4 atom stereocenters. The zero-order chi connectivity index (χ0) is 13.2. The molecular formula is C15H27ClN2OS. The van der Waals surface area contributed by atoms with Crippen molar-refractivity contribution in [3.8, 4) is 0 Å². The highest BCUT2D eigenvalue weighted by Crippen LogP contribution is 2.36. The van der Waals surface area contributed by atoms with E-state index in [-0.39, 0.29) is 18.3 Å². The normalized spacial score (nSPS) is 37.8. The predicted molar refractivity (Wildman–Crippen MR) is 87.7 cm³/mol. The molecule has 1 amide bonds. The van der Waals surface area contributed by atoms with Gasteiger partial charge < -0.3 is 10.2 Å². The highest BCUT2D eigenvalue weighted by molar-refractivity contribution is 8.00. The van der Waals surface area contributed by atoms with E-state index in [1.54, 1.807) is 0 Å². The third-order valence-corrected chi connectivity index (χ3v) is 6.38.